The van der Waals surface area contributed by atoms with Crippen LogP contribution in [0.3, 0.4) is 0 Å². The topological polar surface area (TPSA) is 73.9 Å². The smallest absolute Gasteiger partial charge is 0.331 e. The minimum atomic E-state index is -0.639. The lowest BCUT2D eigenvalue weighted by Gasteiger charge is -2.07. The first-order chi connectivity index (χ1) is 12.9. The SMILES string of the molecule is Cc1cc(C)cc(NC(=O)COC(=O)/C=C/c2cc(Cl)c3c(c2)OCO3)c1. The number of benzene rings is 2. The molecule has 2 aromatic carbocycles. The Hall–Kier alpha value is -2.99. The molecule has 0 saturated carbocycles. The van der Waals surface area contributed by atoms with E-state index < -0.39 is 11.9 Å². The number of hydrogen-bond acceptors (Lipinski definition) is 5. The highest BCUT2D eigenvalue weighted by Gasteiger charge is 2.17. The second-order valence-electron chi connectivity index (χ2n) is 6.10. The lowest BCUT2D eigenvalue weighted by molar-refractivity contribution is -0.142. The Kier molecular flexibility index (Phi) is 5.66. The number of hydrogen-bond donors (Lipinski definition) is 1. The summed E-state index contributed by atoms with van der Waals surface area (Å²) in [7, 11) is 0. The quantitative estimate of drug-likeness (QED) is 0.622. The number of halogens is 1. The summed E-state index contributed by atoms with van der Waals surface area (Å²) in [6.45, 7) is 3.61. The summed E-state index contributed by atoms with van der Waals surface area (Å²) in [4.78, 5) is 23.7. The molecule has 0 aromatic heterocycles. The molecule has 1 N–H and O–H groups in total. The van der Waals surface area contributed by atoms with Gasteiger partial charge >= 0.3 is 5.97 Å². The molecule has 3 rings (SSSR count). The van der Waals surface area contributed by atoms with Crippen LogP contribution < -0.4 is 14.8 Å². The molecule has 0 unspecified atom stereocenters. The first-order valence-electron chi connectivity index (χ1n) is 8.23. The van der Waals surface area contributed by atoms with Crippen molar-refractivity contribution in [3.63, 3.8) is 0 Å². The summed E-state index contributed by atoms with van der Waals surface area (Å²) in [6, 6.07) is 9.03. The van der Waals surface area contributed by atoms with E-state index in [-0.39, 0.29) is 13.4 Å². The van der Waals surface area contributed by atoms with E-state index in [4.69, 9.17) is 25.8 Å². The van der Waals surface area contributed by atoms with Gasteiger partial charge in [0.25, 0.3) is 5.91 Å². The Bertz CT molecular complexity index is 903. The van der Waals surface area contributed by atoms with E-state index in [1.807, 2.05) is 32.0 Å². The summed E-state index contributed by atoms with van der Waals surface area (Å²) < 4.78 is 15.4. The Morgan fingerprint density at radius 1 is 1.15 bits per heavy atom. The molecular formula is C20H18ClNO5. The predicted molar refractivity (Wildman–Crippen MR) is 102 cm³/mol. The van der Waals surface area contributed by atoms with Gasteiger partial charge in [-0.05, 0) is 60.9 Å². The number of anilines is 1. The average Bonchev–Trinajstić information content (AvgIpc) is 3.06. The number of carbonyl (C=O) groups is 2. The Morgan fingerprint density at radius 3 is 2.63 bits per heavy atom. The zero-order valence-corrected chi connectivity index (χ0v) is 15.6. The van der Waals surface area contributed by atoms with E-state index >= 15 is 0 Å². The van der Waals surface area contributed by atoms with Gasteiger partial charge in [-0.15, -0.1) is 0 Å². The Balaban J connectivity index is 1.53. The third-order valence-corrected chi connectivity index (χ3v) is 3.99. The molecule has 27 heavy (non-hydrogen) atoms. The van der Waals surface area contributed by atoms with Gasteiger partial charge in [-0.3, -0.25) is 4.79 Å². The zero-order valence-electron chi connectivity index (χ0n) is 14.9. The van der Waals surface area contributed by atoms with Crippen molar-refractivity contribution in [3.8, 4) is 11.5 Å². The molecule has 7 heteroatoms. The molecule has 0 aliphatic carbocycles. The van der Waals surface area contributed by atoms with Crippen LogP contribution in [-0.2, 0) is 14.3 Å². The second-order valence-corrected chi connectivity index (χ2v) is 6.51. The molecule has 6 nitrogen and oxygen atoms in total. The average molecular weight is 388 g/mol. The molecule has 1 amide bonds. The van der Waals surface area contributed by atoms with Crippen LogP contribution in [-0.4, -0.2) is 25.3 Å². The van der Waals surface area contributed by atoms with Crippen LogP contribution in [0.4, 0.5) is 5.69 Å². The van der Waals surface area contributed by atoms with Crippen LogP contribution in [0, 0.1) is 13.8 Å². The van der Waals surface area contributed by atoms with E-state index in [1.165, 1.54) is 12.2 Å². The van der Waals surface area contributed by atoms with E-state index in [0.717, 1.165) is 11.1 Å². The van der Waals surface area contributed by atoms with Crippen LogP contribution in [0.2, 0.25) is 5.02 Å². The number of rotatable bonds is 5. The number of esters is 1. The molecule has 1 aliphatic rings. The highest BCUT2D eigenvalue weighted by molar-refractivity contribution is 6.32. The van der Waals surface area contributed by atoms with Gasteiger partial charge in [0.05, 0.1) is 5.02 Å². The minimum Gasteiger partial charge on any atom is -0.454 e. The van der Waals surface area contributed by atoms with E-state index in [1.54, 1.807) is 12.1 Å². The Labute approximate surface area is 161 Å². The van der Waals surface area contributed by atoms with Crippen molar-refractivity contribution in [2.24, 2.45) is 0 Å². The van der Waals surface area contributed by atoms with Crippen molar-refractivity contribution in [1.82, 2.24) is 0 Å². The first-order valence-corrected chi connectivity index (χ1v) is 8.60. The summed E-state index contributed by atoms with van der Waals surface area (Å²) in [5.41, 5.74) is 3.39. The van der Waals surface area contributed by atoms with Crippen molar-refractivity contribution in [2.75, 3.05) is 18.7 Å². The van der Waals surface area contributed by atoms with Crippen LogP contribution in [0.5, 0.6) is 11.5 Å². The van der Waals surface area contributed by atoms with Crippen molar-refractivity contribution >= 4 is 35.2 Å². The predicted octanol–water partition coefficient (Wildman–Crippen LogP) is 3.88. The lowest BCUT2D eigenvalue weighted by atomic mass is 10.1. The standard InChI is InChI=1S/C20H18ClNO5/c1-12-5-13(2)7-15(6-12)22-18(23)10-25-19(24)4-3-14-8-16(21)20-17(9-14)26-11-27-20/h3-9H,10-11H2,1-2H3,(H,22,23)/b4-3+. The molecule has 1 aliphatic heterocycles. The molecule has 2 aromatic rings. The fraction of sp³-hybridized carbons (Fsp3) is 0.200. The molecule has 0 radical (unpaired) electrons. The highest BCUT2D eigenvalue weighted by Crippen LogP contribution is 2.40. The number of fused-ring (bicyclic) bond motifs is 1. The van der Waals surface area contributed by atoms with Gasteiger partial charge in [-0.1, -0.05) is 17.7 Å². The highest BCUT2D eigenvalue weighted by atomic mass is 35.5. The van der Waals surface area contributed by atoms with Crippen LogP contribution in [0.1, 0.15) is 16.7 Å². The largest absolute Gasteiger partial charge is 0.454 e. The second kappa shape index (κ2) is 8.14. The van der Waals surface area contributed by atoms with Gasteiger partial charge in [-0.25, -0.2) is 4.79 Å². The monoisotopic (exact) mass is 387 g/mol. The molecule has 0 saturated heterocycles. The van der Waals surface area contributed by atoms with Gasteiger partial charge in [0.1, 0.15) is 0 Å². The van der Waals surface area contributed by atoms with Crippen molar-refractivity contribution in [1.29, 1.82) is 0 Å². The molecule has 140 valence electrons. The molecule has 0 atom stereocenters. The van der Waals surface area contributed by atoms with Crippen molar-refractivity contribution in [2.45, 2.75) is 13.8 Å². The fourth-order valence-corrected chi connectivity index (χ4v) is 2.95. The number of amides is 1. The van der Waals surface area contributed by atoms with Gasteiger partial charge in [-0.2, -0.15) is 0 Å². The maximum absolute atomic E-state index is 11.9. The Morgan fingerprint density at radius 2 is 1.89 bits per heavy atom. The van der Waals surface area contributed by atoms with E-state index in [0.29, 0.717) is 27.8 Å². The molecule has 0 fully saturated rings. The maximum Gasteiger partial charge on any atom is 0.331 e. The number of ether oxygens (including phenoxy) is 3. The van der Waals surface area contributed by atoms with E-state index in [9.17, 15) is 9.59 Å². The fourth-order valence-electron chi connectivity index (χ4n) is 2.68. The summed E-state index contributed by atoms with van der Waals surface area (Å²) in [5, 5.41) is 3.09. The third kappa shape index (κ3) is 5.01. The summed E-state index contributed by atoms with van der Waals surface area (Å²) >= 11 is 6.08. The van der Waals surface area contributed by atoms with Crippen LogP contribution in [0.25, 0.3) is 6.08 Å². The van der Waals surface area contributed by atoms with Gasteiger partial charge in [0.2, 0.25) is 6.79 Å². The van der Waals surface area contributed by atoms with Gasteiger partial charge in [0.15, 0.2) is 18.1 Å². The van der Waals surface area contributed by atoms with Gasteiger partial charge in [0, 0.05) is 11.8 Å². The van der Waals surface area contributed by atoms with Crippen molar-refractivity contribution < 1.29 is 23.8 Å². The normalized spacial score (nSPS) is 12.3. The zero-order chi connectivity index (χ0) is 19.4. The molecule has 1 heterocycles. The van der Waals surface area contributed by atoms with Crippen LogP contribution >= 0.6 is 11.6 Å². The first kappa shape index (κ1) is 18.8. The van der Waals surface area contributed by atoms with E-state index in [2.05, 4.69) is 5.32 Å². The summed E-state index contributed by atoms with van der Waals surface area (Å²) in [6.07, 6.45) is 2.75. The number of nitrogens with one attached hydrogen (secondary N) is 1. The van der Waals surface area contributed by atoms with Crippen molar-refractivity contribution in [3.05, 3.63) is 58.1 Å². The van der Waals surface area contributed by atoms with Gasteiger partial charge < -0.3 is 19.5 Å². The molecule has 0 bridgehead atoms. The number of aryl methyl sites for hydroxylation is 2. The minimum absolute atomic E-state index is 0.111. The maximum atomic E-state index is 11.9. The van der Waals surface area contributed by atoms with Crippen LogP contribution in [0.15, 0.2) is 36.4 Å². The third-order valence-electron chi connectivity index (χ3n) is 3.71. The molecule has 0 spiro atoms. The molecular weight excluding hydrogens is 370 g/mol. The summed E-state index contributed by atoms with van der Waals surface area (Å²) in [5.74, 6) is -0.0463. The lowest BCUT2D eigenvalue weighted by Crippen LogP contribution is -2.20. The number of carbonyl (C=O) groups excluding carboxylic acids is 2.